The lowest BCUT2D eigenvalue weighted by molar-refractivity contribution is 0.102. The zero-order valence-electron chi connectivity index (χ0n) is 9.95. The summed E-state index contributed by atoms with van der Waals surface area (Å²) in [5.74, 6) is -2.07. The van der Waals surface area contributed by atoms with E-state index in [-0.39, 0.29) is 15.7 Å². The van der Waals surface area contributed by atoms with Crippen molar-refractivity contribution in [2.45, 2.75) is 0 Å². The molecule has 0 radical (unpaired) electrons. The van der Waals surface area contributed by atoms with Crippen molar-refractivity contribution in [3.05, 3.63) is 63.6 Å². The summed E-state index contributed by atoms with van der Waals surface area (Å²) in [4.78, 5) is 11.9. The molecule has 0 aliphatic heterocycles. The Kier molecular flexibility index (Phi) is 4.11. The number of rotatable bonds is 2. The second kappa shape index (κ2) is 5.80. The van der Waals surface area contributed by atoms with Crippen molar-refractivity contribution in [3.8, 4) is 6.07 Å². The van der Waals surface area contributed by atoms with Crippen LogP contribution in [0.4, 0.5) is 14.5 Å². The molecule has 2 aromatic carbocycles. The molecule has 0 heterocycles. The molecule has 100 valence electrons. The van der Waals surface area contributed by atoms with E-state index in [1.165, 1.54) is 24.3 Å². The highest BCUT2D eigenvalue weighted by molar-refractivity contribution is 9.10. The van der Waals surface area contributed by atoms with Crippen molar-refractivity contribution in [3.63, 3.8) is 0 Å². The first kappa shape index (κ1) is 14.2. The molecule has 0 aliphatic carbocycles. The Bertz CT molecular complexity index is 726. The highest BCUT2D eigenvalue weighted by Gasteiger charge is 2.12. The van der Waals surface area contributed by atoms with Gasteiger partial charge >= 0.3 is 0 Å². The SMILES string of the molecule is N#Cc1cccc(C(=O)Nc2cc(F)c(Br)cc2F)c1. The molecule has 0 spiro atoms. The maximum absolute atomic E-state index is 13.6. The highest BCUT2D eigenvalue weighted by Crippen LogP contribution is 2.23. The van der Waals surface area contributed by atoms with Gasteiger partial charge in [-0.1, -0.05) is 6.07 Å². The average Bonchev–Trinajstić information content (AvgIpc) is 2.44. The Hall–Kier alpha value is -2.26. The molecule has 0 unspecified atom stereocenters. The third-order valence-corrected chi connectivity index (χ3v) is 3.12. The number of hydrogen-bond acceptors (Lipinski definition) is 2. The lowest BCUT2D eigenvalue weighted by Crippen LogP contribution is -2.13. The Morgan fingerprint density at radius 3 is 2.65 bits per heavy atom. The molecule has 6 heteroatoms. The van der Waals surface area contributed by atoms with Crippen LogP contribution >= 0.6 is 15.9 Å². The van der Waals surface area contributed by atoms with Crippen molar-refractivity contribution >= 4 is 27.5 Å². The van der Waals surface area contributed by atoms with Crippen molar-refractivity contribution in [2.24, 2.45) is 0 Å². The summed E-state index contributed by atoms with van der Waals surface area (Å²) >= 11 is 2.85. The topological polar surface area (TPSA) is 52.9 Å². The normalized spacial score (nSPS) is 9.90. The zero-order chi connectivity index (χ0) is 14.7. The van der Waals surface area contributed by atoms with E-state index in [9.17, 15) is 13.6 Å². The summed E-state index contributed by atoms with van der Waals surface area (Å²) in [5, 5.41) is 11.0. The second-order valence-corrected chi connectivity index (χ2v) is 4.75. The molecule has 1 N–H and O–H groups in total. The number of anilines is 1. The molecule has 0 saturated carbocycles. The summed E-state index contributed by atoms with van der Waals surface area (Å²) < 4.78 is 26.9. The summed E-state index contributed by atoms with van der Waals surface area (Å²) in [6.45, 7) is 0. The van der Waals surface area contributed by atoms with E-state index in [0.717, 1.165) is 12.1 Å². The van der Waals surface area contributed by atoms with Crippen molar-refractivity contribution in [1.82, 2.24) is 0 Å². The molecule has 0 atom stereocenters. The van der Waals surface area contributed by atoms with Gasteiger partial charge in [0, 0.05) is 11.6 Å². The van der Waals surface area contributed by atoms with E-state index in [0.29, 0.717) is 5.56 Å². The minimum atomic E-state index is -0.761. The first-order valence-electron chi connectivity index (χ1n) is 5.47. The quantitative estimate of drug-likeness (QED) is 0.847. The molecule has 0 aliphatic rings. The number of carbonyl (C=O) groups excluding carboxylic acids is 1. The van der Waals surface area contributed by atoms with Crippen molar-refractivity contribution < 1.29 is 13.6 Å². The third kappa shape index (κ3) is 3.00. The number of benzene rings is 2. The van der Waals surface area contributed by atoms with Gasteiger partial charge in [0.25, 0.3) is 5.91 Å². The molecule has 1 amide bonds. The molecule has 2 aromatic rings. The van der Waals surface area contributed by atoms with Gasteiger partial charge in [0.05, 0.1) is 21.8 Å². The van der Waals surface area contributed by atoms with E-state index < -0.39 is 17.5 Å². The van der Waals surface area contributed by atoms with Crippen LogP contribution in [0, 0.1) is 23.0 Å². The molecule has 3 nitrogen and oxygen atoms in total. The van der Waals surface area contributed by atoms with E-state index in [2.05, 4.69) is 21.2 Å². The van der Waals surface area contributed by atoms with Gasteiger partial charge in [-0.3, -0.25) is 4.79 Å². The van der Waals surface area contributed by atoms with Gasteiger partial charge in [0.15, 0.2) is 0 Å². The van der Waals surface area contributed by atoms with Crippen LogP contribution in [0.5, 0.6) is 0 Å². The van der Waals surface area contributed by atoms with Gasteiger partial charge in [0.1, 0.15) is 11.6 Å². The smallest absolute Gasteiger partial charge is 0.255 e. The molecule has 0 aromatic heterocycles. The number of carbonyl (C=O) groups is 1. The number of nitrogens with one attached hydrogen (secondary N) is 1. The number of hydrogen-bond donors (Lipinski definition) is 1. The van der Waals surface area contributed by atoms with E-state index in [1.807, 2.05) is 6.07 Å². The predicted molar refractivity (Wildman–Crippen MR) is 73.2 cm³/mol. The van der Waals surface area contributed by atoms with Crippen LogP contribution < -0.4 is 5.32 Å². The zero-order valence-corrected chi connectivity index (χ0v) is 11.5. The van der Waals surface area contributed by atoms with Crippen LogP contribution in [-0.4, -0.2) is 5.91 Å². The van der Waals surface area contributed by atoms with Gasteiger partial charge in [-0.25, -0.2) is 8.78 Å². The maximum atomic E-state index is 13.6. The molecular weight excluding hydrogens is 330 g/mol. The fourth-order valence-electron chi connectivity index (χ4n) is 1.54. The monoisotopic (exact) mass is 336 g/mol. The first-order chi connectivity index (χ1) is 9.51. The number of halogens is 3. The van der Waals surface area contributed by atoms with Crippen molar-refractivity contribution in [1.29, 1.82) is 5.26 Å². The lowest BCUT2D eigenvalue weighted by atomic mass is 10.1. The first-order valence-corrected chi connectivity index (χ1v) is 6.26. The van der Waals surface area contributed by atoms with Gasteiger partial charge in [0.2, 0.25) is 0 Å². The molecule has 0 bridgehead atoms. The fourth-order valence-corrected chi connectivity index (χ4v) is 1.86. The summed E-state index contributed by atoms with van der Waals surface area (Å²) in [7, 11) is 0. The molecule has 2 rings (SSSR count). The van der Waals surface area contributed by atoms with Crippen LogP contribution in [-0.2, 0) is 0 Å². The van der Waals surface area contributed by atoms with Crippen LogP contribution in [0.3, 0.4) is 0 Å². The lowest BCUT2D eigenvalue weighted by Gasteiger charge is -2.07. The minimum Gasteiger partial charge on any atom is -0.319 e. The molecule has 20 heavy (non-hydrogen) atoms. The summed E-state index contributed by atoms with van der Waals surface area (Å²) in [6.07, 6.45) is 0. The second-order valence-electron chi connectivity index (χ2n) is 3.89. The number of nitrogens with zero attached hydrogens (tertiary/aromatic N) is 1. The van der Waals surface area contributed by atoms with Gasteiger partial charge in [-0.2, -0.15) is 5.26 Å². The van der Waals surface area contributed by atoms with Crippen LogP contribution in [0.2, 0.25) is 0 Å². The molecular formula is C14H7BrF2N2O. The molecule has 0 fully saturated rings. The van der Waals surface area contributed by atoms with Crippen LogP contribution in [0.25, 0.3) is 0 Å². The van der Waals surface area contributed by atoms with Gasteiger partial charge in [-0.05, 0) is 40.2 Å². The van der Waals surface area contributed by atoms with Gasteiger partial charge in [-0.15, -0.1) is 0 Å². The Balaban J connectivity index is 2.28. The predicted octanol–water partition coefficient (Wildman–Crippen LogP) is 3.85. The van der Waals surface area contributed by atoms with Crippen LogP contribution in [0.15, 0.2) is 40.9 Å². The standard InChI is InChI=1S/C14H7BrF2N2O/c15-10-5-12(17)13(6-11(10)16)19-14(20)9-3-1-2-8(4-9)7-18/h1-6H,(H,19,20). The Morgan fingerprint density at radius 1 is 1.20 bits per heavy atom. The Labute approximate surface area is 122 Å². The summed E-state index contributed by atoms with van der Waals surface area (Å²) in [5.41, 5.74) is 0.227. The van der Waals surface area contributed by atoms with E-state index in [1.54, 1.807) is 0 Å². The fraction of sp³-hybridized carbons (Fsp3) is 0. The van der Waals surface area contributed by atoms with E-state index >= 15 is 0 Å². The largest absolute Gasteiger partial charge is 0.319 e. The maximum Gasteiger partial charge on any atom is 0.255 e. The summed E-state index contributed by atoms with van der Waals surface area (Å²) in [6, 6.07) is 9.61. The third-order valence-electron chi connectivity index (χ3n) is 2.51. The number of amides is 1. The van der Waals surface area contributed by atoms with E-state index in [4.69, 9.17) is 5.26 Å². The minimum absolute atomic E-state index is 0.0283. The van der Waals surface area contributed by atoms with Crippen molar-refractivity contribution in [2.75, 3.05) is 5.32 Å². The van der Waals surface area contributed by atoms with Gasteiger partial charge < -0.3 is 5.32 Å². The Morgan fingerprint density at radius 2 is 1.95 bits per heavy atom. The number of nitriles is 1. The average molecular weight is 337 g/mol. The highest BCUT2D eigenvalue weighted by atomic mass is 79.9. The van der Waals surface area contributed by atoms with Crippen LogP contribution in [0.1, 0.15) is 15.9 Å². The molecule has 0 saturated heterocycles.